The van der Waals surface area contributed by atoms with Crippen molar-refractivity contribution in [3.63, 3.8) is 0 Å². The number of pyridine rings is 1. The number of rotatable bonds is 2. The fourth-order valence-electron chi connectivity index (χ4n) is 2.43. The van der Waals surface area contributed by atoms with Crippen LogP contribution in [0.2, 0.25) is 5.02 Å². The van der Waals surface area contributed by atoms with Gasteiger partial charge in [-0.2, -0.15) is 0 Å². The third kappa shape index (κ3) is 3.39. The molecule has 126 valence electrons. The number of para-hydroxylation sites is 1. The maximum Gasteiger partial charge on any atom is 0.275 e. The first-order valence-electron chi connectivity index (χ1n) is 7.44. The zero-order valence-electron chi connectivity index (χ0n) is 13.2. The van der Waals surface area contributed by atoms with Gasteiger partial charge in [0.2, 0.25) is 5.43 Å². The molecule has 0 spiro atoms. The molecule has 0 radical (unpaired) electrons. The Morgan fingerprint density at radius 2 is 1.68 bits per heavy atom. The molecule has 3 aromatic rings. The minimum atomic E-state index is -0.702. The second kappa shape index (κ2) is 6.78. The molecule has 2 amide bonds. The predicted molar refractivity (Wildman–Crippen MR) is 95.7 cm³/mol. The Hall–Kier alpha value is -3.12. The lowest BCUT2D eigenvalue weighted by atomic mass is 10.1. The number of aromatic amines is 1. The Labute approximate surface area is 147 Å². The van der Waals surface area contributed by atoms with Crippen molar-refractivity contribution in [1.82, 2.24) is 15.8 Å². The van der Waals surface area contributed by atoms with Crippen molar-refractivity contribution in [2.24, 2.45) is 0 Å². The van der Waals surface area contributed by atoms with Crippen molar-refractivity contribution in [3.8, 4) is 0 Å². The SMILES string of the molecule is Cc1cccc2c(=O)c(C(=O)NNC(=O)c3ccc(Cl)cc3)c[nH]c12. The maximum absolute atomic E-state index is 12.5. The second-order valence-corrected chi connectivity index (χ2v) is 5.88. The molecule has 3 rings (SSSR count). The molecule has 0 aliphatic carbocycles. The molecule has 6 nitrogen and oxygen atoms in total. The number of aryl methyl sites for hydroxylation is 1. The highest BCUT2D eigenvalue weighted by molar-refractivity contribution is 6.30. The maximum atomic E-state index is 12.5. The molecule has 0 fully saturated rings. The summed E-state index contributed by atoms with van der Waals surface area (Å²) in [7, 11) is 0. The number of H-pyrrole nitrogens is 1. The Kier molecular flexibility index (Phi) is 4.54. The summed E-state index contributed by atoms with van der Waals surface area (Å²) in [5.41, 5.74) is 5.92. The monoisotopic (exact) mass is 355 g/mol. The average Bonchev–Trinajstić information content (AvgIpc) is 2.61. The quantitative estimate of drug-likeness (QED) is 0.617. The van der Waals surface area contributed by atoms with E-state index in [1.165, 1.54) is 18.3 Å². The number of benzene rings is 2. The van der Waals surface area contributed by atoms with Gasteiger partial charge < -0.3 is 4.98 Å². The lowest BCUT2D eigenvalue weighted by molar-refractivity contribution is 0.0846. The van der Waals surface area contributed by atoms with E-state index in [9.17, 15) is 14.4 Å². The van der Waals surface area contributed by atoms with Gasteiger partial charge in [0, 0.05) is 22.2 Å². The van der Waals surface area contributed by atoms with E-state index in [4.69, 9.17) is 11.6 Å². The van der Waals surface area contributed by atoms with Gasteiger partial charge in [-0.1, -0.05) is 23.7 Å². The Bertz CT molecular complexity index is 1030. The standard InChI is InChI=1S/C18H14ClN3O3/c1-10-3-2-4-13-15(10)20-9-14(16(13)23)18(25)22-21-17(24)11-5-7-12(19)8-6-11/h2-9H,1H3,(H,20,23)(H,21,24)(H,22,25). The molecule has 1 heterocycles. The van der Waals surface area contributed by atoms with Gasteiger partial charge in [0.25, 0.3) is 11.8 Å². The van der Waals surface area contributed by atoms with Gasteiger partial charge in [0.1, 0.15) is 5.56 Å². The molecular formula is C18H14ClN3O3. The molecule has 0 saturated heterocycles. The summed E-state index contributed by atoms with van der Waals surface area (Å²) < 4.78 is 0. The second-order valence-electron chi connectivity index (χ2n) is 5.44. The Balaban J connectivity index is 1.79. The van der Waals surface area contributed by atoms with E-state index in [1.54, 1.807) is 24.3 Å². The fourth-order valence-corrected chi connectivity index (χ4v) is 2.55. The lowest BCUT2D eigenvalue weighted by Crippen LogP contribution is -2.43. The van der Waals surface area contributed by atoms with Crippen LogP contribution >= 0.6 is 11.6 Å². The largest absolute Gasteiger partial charge is 0.360 e. The summed E-state index contributed by atoms with van der Waals surface area (Å²) in [5, 5.41) is 0.912. The number of hydrogen-bond acceptors (Lipinski definition) is 3. The molecule has 1 aromatic heterocycles. The first kappa shape index (κ1) is 16.7. The molecule has 25 heavy (non-hydrogen) atoms. The summed E-state index contributed by atoms with van der Waals surface area (Å²) >= 11 is 5.76. The van der Waals surface area contributed by atoms with Gasteiger partial charge in [0.05, 0.1) is 5.52 Å². The van der Waals surface area contributed by atoms with E-state index in [2.05, 4.69) is 15.8 Å². The molecule has 0 bridgehead atoms. The Morgan fingerprint density at radius 1 is 1.00 bits per heavy atom. The Morgan fingerprint density at radius 3 is 2.40 bits per heavy atom. The predicted octanol–water partition coefficient (Wildman–Crippen LogP) is 2.56. The van der Waals surface area contributed by atoms with Crippen LogP contribution in [0, 0.1) is 6.92 Å². The van der Waals surface area contributed by atoms with E-state index in [-0.39, 0.29) is 5.56 Å². The van der Waals surface area contributed by atoms with Crippen molar-refractivity contribution < 1.29 is 9.59 Å². The van der Waals surface area contributed by atoms with E-state index >= 15 is 0 Å². The first-order valence-corrected chi connectivity index (χ1v) is 7.82. The van der Waals surface area contributed by atoms with Crippen molar-refractivity contribution >= 4 is 34.3 Å². The molecule has 3 N–H and O–H groups in total. The van der Waals surface area contributed by atoms with E-state index < -0.39 is 17.2 Å². The smallest absolute Gasteiger partial charge is 0.275 e. The zero-order chi connectivity index (χ0) is 18.0. The van der Waals surface area contributed by atoms with Gasteiger partial charge in [-0.15, -0.1) is 0 Å². The number of aromatic nitrogens is 1. The first-order chi connectivity index (χ1) is 12.0. The summed E-state index contributed by atoms with van der Waals surface area (Å²) in [6.07, 6.45) is 1.33. The van der Waals surface area contributed by atoms with Gasteiger partial charge in [-0.05, 0) is 42.8 Å². The van der Waals surface area contributed by atoms with Crippen molar-refractivity contribution in [2.75, 3.05) is 0 Å². The van der Waals surface area contributed by atoms with Gasteiger partial charge in [0.15, 0.2) is 0 Å². The van der Waals surface area contributed by atoms with Crippen LogP contribution < -0.4 is 16.3 Å². The van der Waals surface area contributed by atoms with Crippen LogP contribution in [0.5, 0.6) is 0 Å². The van der Waals surface area contributed by atoms with Crippen molar-refractivity contribution in [3.05, 3.63) is 80.6 Å². The third-order valence-electron chi connectivity index (χ3n) is 3.76. The molecule has 7 heteroatoms. The minimum Gasteiger partial charge on any atom is -0.360 e. The minimum absolute atomic E-state index is 0.0884. The number of hydrazine groups is 1. The number of carbonyl (C=O) groups excluding carboxylic acids is 2. The number of halogens is 1. The number of hydrogen-bond donors (Lipinski definition) is 3. The zero-order valence-corrected chi connectivity index (χ0v) is 14.0. The van der Waals surface area contributed by atoms with E-state index in [0.29, 0.717) is 21.5 Å². The number of amides is 2. The van der Waals surface area contributed by atoms with E-state index in [0.717, 1.165) is 5.56 Å². The highest BCUT2D eigenvalue weighted by Gasteiger charge is 2.14. The normalized spacial score (nSPS) is 10.5. The molecule has 0 aliphatic rings. The topological polar surface area (TPSA) is 91.1 Å². The molecule has 0 aliphatic heterocycles. The van der Waals surface area contributed by atoms with Gasteiger partial charge in [-0.3, -0.25) is 25.2 Å². The molecule has 0 atom stereocenters. The van der Waals surface area contributed by atoms with Crippen molar-refractivity contribution in [1.29, 1.82) is 0 Å². The van der Waals surface area contributed by atoms with Crippen LogP contribution in [0.1, 0.15) is 26.3 Å². The van der Waals surface area contributed by atoms with Gasteiger partial charge in [-0.25, -0.2) is 0 Å². The summed E-state index contributed by atoms with van der Waals surface area (Å²) in [6, 6.07) is 11.4. The summed E-state index contributed by atoms with van der Waals surface area (Å²) in [6.45, 7) is 1.87. The highest BCUT2D eigenvalue weighted by atomic mass is 35.5. The molecule has 2 aromatic carbocycles. The van der Waals surface area contributed by atoms with Crippen molar-refractivity contribution in [2.45, 2.75) is 6.92 Å². The van der Waals surface area contributed by atoms with Crippen LogP contribution in [-0.4, -0.2) is 16.8 Å². The van der Waals surface area contributed by atoms with Crippen LogP contribution in [0.15, 0.2) is 53.5 Å². The molecule has 0 saturated carbocycles. The van der Waals surface area contributed by atoms with Crippen LogP contribution in [0.25, 0.3) is 10.9 Å². The van der Waals surface area contributed by atoms with Crippen LogP contribution in [-0.2, 0) is 0 Å². The number of nitrogens with one attached hydrogen (secondary N) is 3. The van der Waals surface area contributed by atoms with E-state index in [1.807, 2.05) is 13.0 Å². The fraction of sp³-hybridized carbons (Fsp3) is 0.0556. The molecular weight excluding hydrogens is 342 g/mol. The number of carbonyl (C=O) groups is 2. The third-order valence-corrected chi connectivity index (χ3v) is 4.02. The number of fused-ring (bicyclic) bond motifs is 1. The average molecular weight is 356 g/mol. The summed E-state index contributed by atoms with van der Waals surface area (Å²) in [4.78, 5) is 39.6. The molecule has 0 unspecified atom stereocenters. The van der Waals surface area contributed by atoms with Crippen LogP contribution in [0.3, 0.4) is 0 Å². The van der Waals surface area contributed by atoms with Crippen LogP contribution in [0.4, 0.5) is 0 Å². The highest BCUT2D eigenvalue weighted by Crippen LogP contribution is 2.12. The lowest BCUT2D eigenvalue weighted by Gasteiger charge is -2.08. The summed E-state index contributed by atoms with van der Waals surface area (Å²) in [5.74, 6) is -1.22. The van der Waals surface area contributed by atoms with Gasteiger partial charge >= 0.3 is 0 Å².